The lowest BCUT2D eigenvalue weighted by Crippen LogP contribution is -2.10. The van der Waals surface area contributed by atoms with Gasteiger partial charge in [-0.25, -0.2) is 0 Å². The van der Waals surface area contributed by atoms with Crippen molar-refractivity contribution in [3.05, 3.63) is 87.4 Å². The second kappa shape index (κ2) is 8.99. The average molecular weight is 448 g/mol. The molecule has 0 amide bonds. The van der Waals surface area contributed by atoms with Crippen LogP contribution in [0.15, 0.2) is 70.6 Å². The summed E-state index contributed by atoms with van der Waals surface area (Å²) < 4.78 is 30.2. The van der Waals surface area contributed by atoms with Crippen LogP contribution in [0.5, 0.6) is 5.75 Å². The molecule has 0 aliphatic heterocycles. The molecular formula is C22H19Cl2NO3S. The van der Waals surface area contributed by atoms with Crippen LogP contribution in [0.2, 0.25) is 10.0 Å². The van der Waals surface area contributed by atoms with Crippen LogP contribution in [0.3, 0.4) is 0 Å². The maximum Gasteiger partial charge on any atom is 0.339 e. The summed E-state index contributed by atoms with van der Waals surface area (Å²) in [6, 6.07) is 17.3. The number of halogens is 2. The first-order valence-electron chi connectivity index (χ1n) is 8.91. The lowest BCUT2D eigenvalue weighted by molar-refractivity contribution is 0.486. The fourth-order valence-corrected chi connectivity index (χ4v) is 4.20. The molecule has 3 aromatic carbocycles. The molecule has 0 aromatic heterocycles. The summed E-state index contributed by atoms with van der Waals surface area (Å²) in [4.78, 5) is 4.42. The Hall–Kier alpha value is -2.34. The highest BCUT2D eigenvalue weighted by Crippen LogP contribution is 2.36. The molecule has 0 radical (unpaired) electrons. The van der Waals surface area contributed by atoms with Crippen LogP contribution in [-0.4, -0.2) is 14.6 Å². The van der Waals surface area contributed by atoms with Gasteiger partial charge in [-0.05, 0) is 60.9 Å². The molecule has 3 rings (SSSR count). The molecule has 0 fully saturated rings. The Bertz CT molecular complexity index is 1120. The third-order valence-corrected chi connectivity index (χ3v) is 6.03. The highest BCUT2D eigenvalue weighted by Gasteiger charge is 2.20. The molecule has 150 valence electrons. The normalized spacial score (nSPS) is 11.7. The fourth-order valence-electron chi connectivity index (χ4n) is 2.56. The summed E-state index contributed by atoms with van der Waals surface area (Å²) in [5.74, 6) is -0.113. The van der Waals surface area contributed by atoms with Crippen molar-refractivity contribution in [2.75, 3.05) is 0 Å². The molecule has 7 heteroatoms. The van der Waals surface area contributed by atoms with Crippen LogP contribution in [0, 0.1) is 6.92 Å². The Balaban J connectivity index is 1.83. The number of nitrogens with zero attached hydrogens (tertiary/aromatic N) is 1. The van der Waals surface area contributed by atoms with Crippen molar-refractivity contribution in [3.8, 4) is 5.75 Å². The van der Waals surface area contributed by atoms with Crippen molar-refractivity contribution in [3.63, 3.8) is 0 Å². The number of rotatable bonds is 6. The number of benzene rings is 3. The molecule has 0 N–H and O–H groups in total. The van der Waals surface area contributed by atoms with Gasteiger partial charge in [0.2, 0.25) is 0 Å². The second-order valence-electron chi connectivity index (χ2n) is 6.44. The van der Waals surface area contributed by atoms with E-state index in [2.05, 4.69) is 11.9 Å². The molecule has 0 saturated heterocycles. The minimum atomic E-state index is -4.05. The Morgan fingerprint density at radius 3 is 2.10 bits per heavy atom. The Kier molecular flexibility index (Phi) is 6.63. The van der Waals surface area contributed by atoms with Crippen LogP contribution >= 0.6 is 23.2 Å². The minimum absolute atomic E-state index is 0.0244. The van der Waals surface area contributed by atoms with Gasteiger partial charge < -0.3 is 4.18 Å². The number of aliphatic imine (C=N–C) groups is 1. The van der Waals surface area contributed by atoms with E-state index in [1.165, 1.54) is 17.7 Å². The van der Waals surface area contributed by atoms with Gasteiger partial charge >= 0.3 is 10.1 Å². The number of hydrogen-bond acceptors (Lipinski definition) is 4. The van der Waals surface area contributed by atoms with Gasteiger partial charge in [0, 0.05) is 6.21 Å². The highest BCUT2D eigenvalue weighted by atomic mass is 35.5. The predicted molar refractivity (Wildman–Crippen MR) is 119 cm³/mol. The number of hydrogen-bond donors (Lipinski definition) is 0. The summed E-state index contributed by atoms with van der Waals surface area (Å²) in [5, 5.41) is 0.159. The first kappa shape index (κ1) is 21.4. The van der Waals surface area contributed by atoms with Crippen molar-refractivity contribution >= 4 is 45.2 Å². The van der Waals surface area contributed by atoms with E-state index in [1.807, 2.05) is 31.2 Å². The van der Waals surface area contributed by atoms with E-state index < -0.39 is 10.1 Å². The summed E-state index contributed by atoms with van der Waals surface area (Å²) in [6.07, 6.45) is 2.57. The maximum atomic E-state index is 12.5. The molecule has 0 spiro atoms. The Labute approximate surface area is 180 Å². The van der Waals surface area contributed by atoms with Crippen molar-refractivity contribution in [2.24, 2.45) is 4.99 Å². The van der Waals surface area contributed by atoms with E-state index in [4.69, 9.17) is 27.4 Å². The van der Waals surface area contributed by atoms with E-state index in [0.29, 0.717) is 5.56 Å². The first-order valence-corrected chi connectivity index (χ1v) is 11.1. The third kappa shape index (κ3) is 5.38. The van der Waals surface area contributed by atoms with Crippen molar-refractivity contribution in [1.29, 1.82) is 0 Å². The molecule has 29 heavy (non-hydrogen) atoms. The zero-order valence-corrected chi connectivity index (χ0v) is 18.2. The SMILES string of the molecule is CCc1ccc(N=Cc2cc(Cl)c(OS(=O)(=O)c3ccc(C)cc3)c(Cl)c2)cc1. The molecule has 0 aliphatic carbocycles. The van der Waals surface area contributed by atoms with Gasteiger partial charge in [-0.2, -0.15) is 8.42 Å². The Morgan fingerprint density at radius 2 is 1.55 bits per heavy atom. The van der Waals surface area contributed by atoms with Gasteiger partial charge in [0.1, 0.15) is 4.90 Å². The molecule has 4 nitrogen and oxygen atoms in total. The van der Waals surface area contributed by atoms with Gasteiger partial charge in [0.25, 0.3) is 0 Å². The summed E-state index contributed by atoms with van der Waals surface area (Å²) >= 11 is 12.5. The van der Waals surface area contributed by atoms with Crippen LogP contribution in [-0.2, 0) is 16.5 Å². The lowest BCUT2D eigenvalue weighted by atomic mass is 10.1. The van der Waals surface area contributed by atoms with Gasteiger partial charge in [0.15, 0.2) is 5.75 Å². The van der Waals surface area contributed by atoms with E-state index in [0.717, 1.165) is 17.7 Å². The van der Waals surface area contributed by atoms with Gasteiger partial charge in [-0.3, -0.25) is 4.99 Å². The summed E-state index contributed by atoms with van der Waals surface area (Å²) in [6.45, 7) is 3.95. The monoisotopic (exact) mass is 447 g/mol. The summed E-state index contributed by atoms with van der Waals surface area (Å²) in [5.41, 5.74) is 3.58. The topological polar surface area (TPSA) is 55.7 Å². The molecule has 0 saturated carbocycles. The van der Waals surface area contributed by atoms with Gasteiger partial charge in [0.05, 0.1) is 15.7 Å². The third-order valence-electron chi connectivity index (χ3n) is 4.23. The van der Waals surface area contributed by atoms with Crippen molar-refractivity contribution in [1.82, 2.24) is 0 Å². The zero-order chi connectivity index (χ0) is 21.0. The molecule has 3 aromatic rings. The Morgan fingerprint density at radius 1 is 0.966 bits per heavy atom. The minimum Gasteiger partial charge on any atom is -0.376 e. The van der Waals surface area contributed by atoms with Gasteiger partial charge in [-0.1, -0.05) is 60.0 Å². The van der Waals surface area contributed by atoms with Crippen LogP contribution in [0.4, 0.5) is 5.69 Å². The largest absolute Gasteiger partial charge is 0.376 e. The zero-order valence-electron chi connectivity index (χ0n) is 15.9. The molecular weight excluding hydrogens is 429 g/mol. The molecule has 0 atom stereocenters. The van der Waals surface area contributed by atoms with Crippen LogP contribution < -0.4 is 4.18 Å². The fraction of sp³-hybridized carbons (Fsp3) is 0.136. The quantitative estimate of drug-likeness (QED) is 0.325. The van der Waals surface area contributed by atoms with Crippen LogP contribution in [0.25, 0.3) is 0 Å². The standard InChI is InChI=1S/C22H19Cl2NO3S/c1-3-16-6-8-18(9-7-16)25-14-17-12-20(23)22(21(24)13-17)28-29(26,27)19-10-4-15(2)5-11-19/h4-14H,3H2,1-2H3. The first-order chi connectivity index (χ1) is 13.8. The van der Waals surface area contributed by atoms with Gasteiger partial charge in [-0.15, -0.1) is 0 Å². The van der Waals surface area contributed by atoms with Crippen LogP contribution in [0.1, 0.15) is 23.6 Å². The number of aryl methyl sites for hydroxylation is 2. The van der Waals surface area contributed by atoms with E-state index >= 15 is 0 Å². The van der Waals surface area contributed by atoms with Crippen molar-refractivity contribution in [2.45, 2.75) is 25.2 Å². The van der Waals surface area contributed by atoms with Crippen molar-refractivity contribution < 1.29 is 12.6 Å². The molecule has 0 aliphatic rings. The average Bonchev–Trinajstić information content (AvgIpc) is 2.70. The highest BCUT2D eigenvalue weighted by molar-refractivity contribution is 7.87. The smallest absolute Gasteiger partial charge is 0.339 e. The summed E-state index contributed by atoms with van der Waals surface area (Å²) in [7, 11) is -4.05. The predicted octanol–water partition coefficient (Wildman–Crippen LogP) is 6.38. The van der Waals surface area contributed by atoms with E-state index in [1.54, 1.807) is 30.5 Å². The molecule has 0 heterocycles. The lowest BCUT2D eigenvalue weighted by Gasteiger charge is -2.11. The second-order valence-corrected chi connectivity index (χ2v) is 8.80. The molecule has 0 bridgehead atoms. The molecule has 0 unspecified atom stereocenters. The van der Waals surface area contributed by atoms with E-state index in [9.17, 15) is 8.42 Å². The maximum absolute atomic E-state index is 12.5. The van der Waals surface area contributed by atoms with E-state index in [-0.39, 0.29) is 20.7 Å².